The van der Waals surface area contributed by atoms with Crippen molar-refractivity contribution in [2.24, 2.45) is 5.73 Å². The maximum absolute atomic E-state index is 11.3. The van der Waals surface area contributed by atoms with Gasteiger partial charge in [0.25, 0.3) is 0 Å². The fourth-order valence-electron chi connectivity index (χ4n) is 1.26. The van der Waals surface area contributed by atoms with Crippen molar-refractivity contribution in [3.8, 4) is 0 Å². The Balaban J connectivity index is 2.54. The number of nitrogens with one attached hydrogen (secondary N) is 1. The van der Waals surface area contributed by atoms with E-state index in [0.29, 0.717) is 11.3 Å². The van der Waals surface area contributed by atoms with Gasteiger partial charge in [-0.25, -0.2) is 0 Å². The Hall–Kier alpha value is -2.04. The Bertz CT molecular complexity index is 416. The Morgan fingerprint density at radius 3 is 2.71 bits per heavy atom. The van der Waals surface area contributed by atoms with Gasteiger partial charge in [-0.2, -0.15) is 0 Å². The van der Waals surface area contributed by atoms with Crippen LogP contribution in [0.3, 0.4) is 0 Å². The minimum Gasteiger partial charge on any atom is -0.462 e. The molecule has 5 nitrogen and oxygen atoms in total. The highest BCUT2D eigenvalue weighted by atomic mass is 16.5. The van der Waals surface area contributed by atoms with Crippen molar-refractivity contribution in [1.29, 1.82) is 0 Å². The van der Waals surface area contributed by atoms with Crippen molar-refractivity contribution in [2.75, 3.05) is 11.9 Å². The largest absolute Gasteiger partial charge is 0.462 e. The second-order valence-corrected chi connectivity index (χ2v) is 3.84. The molecule has 3 N–H and O–H groups in total. The summed E-state index contributed by atoms with van der Waals surface area (Å²) in [6.45, 7) is 3.62. The van der Waals surface area contributed by atoms with Crippen molar-refractivity contribution in [3.63, 3.8) is 0 Å². The second kappa shape index (κ2) is 5.89. The number of benzene rings is 1. The quantitative estimate of drug-likeness (QED) is 0.751. The second-order valence-electron chi connectivity index (χ2n) is 3.84. The molecule has 1 rings (SSSR count). The standard InChI is InChI=1S/C12H16N2O3/c1-8(2)17-11(15)7-14-10-5-3-4-9(6-10)12(13)16/h3-6,8,14H,7H2,1-2H3,(H2,13,16). The monoisotopic (exact) mass is 236 g/mol. The summed E-state index contributed by atoms with van der Waals surface area (Å²) in [4.78, 5) is 22.2. The van der Waals surface area contributed by atoms with Crippen LogP contribution in [0.1, 0.15) is 24.2 Å². The van der Waals surface area contributed by atoms with Gasteiger partial charge in [-0.15, -0.1) is 0 Å². The molecular formula is C12H16N2O3. The van der Waals surface area contributed by atoms with E-state index in [4.69, 9.17) is 10.5 Å². The van der Waals surface area contributed by atoms with Crippen LogP contribution in [0, 0.1) is 0 Å². The first-order valence-electron chi connectivity index (χ1n) is 5.32. The van der Waals surface area contributed by atoms with E-state index >= 15 is 0 Å². The summed E-state index contributed by atoms with van der Waals surface area (Å²) in [5.41, 5.74) is 6.20. The molecule has 0 unspecified atom stereocenters. The number of anilines is 1. The lowest BCUT2D eigenvalue weighted by atomic mass is 10.2. The fraction of sp³-hybridized carbons (Fsp3) is 0.333. The van der Waals surface area contributed by atoms with Crippen molar-refractivity contribution >= 4 is 17.6 Å². The molecule has 0 atom stereocenters. The number of amides is 1. The predicted octanol–water partition coefficient (Wildman–Crippen LogP) is 1.15. The molecule has 0 saturated heterocycles. The SMILES string of the molecule is CC(C)OC(=O)CNc1cccc(C(N)=O)c1. The predicted molar refractivity (Wildman–Crippen MR) is 64.7 cm³/mol. The number of nitrogens with two attached hydrogens (primary N) is 1. The topological polar surface area (TPSA) is 81.4 Å². The Morgan fingerprint density at radius 1 is 1.41 bits per heavy atom. The van der Waals surface area contributed by atoms with Crippen molar-refractivity contribution in [1.82, 2.24) is 0 Å². The molecule has 0 radical (unpaired) electrons. The first kappa shape index (κ1) is 13.0. The third-order valence-electron chi connectivity index (χ3n) is 1.95. The molecule has 0 heterocycles. The zero-order valence-electron chi connectivity index (χ0n) is 9.90. The third kappa shape index (κ3) is 4.55. The molecular weight excluding hydrogens is 220 g/mol. The molecule has 1 amide bonds. The van der Waals surface area contributed by atoms with Crippen LogP contribution in [-0.2, 0) is 9.53 Å². The lowest BCUT2D eigenvalue weighted by Gasteiger charge is -2.09. The van der Waals surface area contributed by atoms with Crippen LogP contribution in [0.2, 0.25) is 0 Å². The molecule has 0 aliphatic rings. The number of carbonyl (C=O) groups is 2. The number of hydrogen-bond donors (Lipinski definition) is 2. The molecule has 0 saturated carbocycles. The summed E-state index contributed by atoms with van der Waals surface area (Å²) >= 11 is 0. The van der Waals surface area contributed by atoms with Gasteiger partial charge in [-0.3, -0.25) is 9.59 Å². The van der Waals surface area contributed by atoms with Crippen molar-refractivity contribution in [3.05, 3.63) is 29.8 Å². The van der Waals surface area contributed by atoms with Gasteiger partial charge in [0.1, 0.15) is 6.54 Å². The molecule has 0 spiro atoms. The van der Waals surface area contributed by atoms with Crippen molar-refractivity contribution < 1.29 is 14.3 Å². The van der Waals surface area contributed by atoms with Gasteiger partial charge in [0.05, 0.1) is 6.10 Å². The minimum absolute atomic E-state index is 0.0559. The van der Waals surface area contributed by atoms with Crippen LogP contribution in [-0.4, -0.2) is 24.5 Å². The van der Waals surface area contributed by atoms with E-state index in [1.165, 1.54) is 0 Å². The number of esters is 1. The molecule has 17 heavy (non-hydrogen) atoms. The van der Waals surface area contributed by atoms with E-state index in [0.717, 1.165) is 0 Å². The zero-order chi connectivity index (χ0) is 12.8. The van der Waals surface area contributed by atoms with E-state index < -0.39 is 5.91 Å². The van der Waals surface area contributed by atoms with Crippen LogP contribution in [0.4, 0.5) is 5.69 Å². The summed E-state index contributed by atoms with van der Waals surface area (Å²) < 4.78 is 4.96. The molecule has 0 aliphatic carbocycles. The highest BCUT2D eigenvalue weighted by Crippen LogP contribution is 2.09. The normalized spacial score (nSPS) is 10.1. The van der Waals surface area contributed by atoms with Crippen LogP contribution >= 0.6 is 0 Å². The smallest absolute Gasteiger partial charge is 0.325 e. The number of ether oxygens (including phenoxy) is 1. The first-order valence-corrected chi connectivity index (χ1v) is 5.32. The van der Waals surface area contributed by atoms with Gasteiger partial charge in [-0.1, -0.05) is 6.07 Å². The molecule has 0 aromatic heterocycles. The number of carbonyl (C=O) groups excluding carboxylic acids is 2. The van der Waals surface area contributed by atoms with E-state index in [9.17, 15) is 9.59 Å². The first-order chi connectivity index (χ1) is 7.99. The van der Waals surface area contributed by atoms with Gasteiger partial charge >= 0.3 is 5.97 Å². The van der Waals surface area contributed by atoms with Gasteiger partial charge < -0.3 is 15.8 Å². The molecule has 5 heteroatoms. The van der Waals surface area contributed by atoms with Gasteiger partial charge in [0.2, 0.25) is 5.91 Å². The van der Waals surface area contributed by atoms with Crippen LogP contribution in [0.5, 0.6) is 0 Å². The molecule has 1 aromatic carbocycles. The number of primary amides is 1. The summed E-state index contributed by atoms with van der Waals surface area (Å²) in [6, 6.07) is 6.64. The van der Waals surface area contributed by atoms with E-state index in [-0.39, 0.29) is 18.6 Å². The van der Waals surface area contributed by atoms with Crippen LogP contribution in [0.25, 0.3) is 0 Å². The average molecular weight is 236 g/mol. The number of rotatable bonds is 5. The highest BCUT2D eigenvalue weighted by Gasteiger charge is 2.06. The molecule has 0 aliphatic heterocycles. The minimum atomic E-state index is -0.501. The molecule has 92 valence electrons. The Morgan fingerprint density at radius 2 is 2.12 bits per heavy atom. The van der Waals surface area contributed by atoms with Gasteiger partial charge in [0, 0.05) is 11.3 Å². The zero-order valence-corrected chi connectivity index (χ0v) is 9.90. The van der Waals surface area contributed by atoms with Gasteiger partial charge in [-0.05, 0) is 32.0 Å². The lowest BCUT2D eigenvalue weighted by molar-refractivity contribution is -0.145. The highest BCUT2D eigenvalue weighted by molar-refractivity contribution is 5.93. The molecule has 0 bridgehead atoms. The summed E-state index contributed by atoms with van der Waals surface area (Å²) in [5, 5.41) is 2.86. The van der Waals surface area contributed by atoms with E-state index in [2.05, 4.69) is 5.32 Å². The molecule has 1 aromatic rings. The van der Waals surface area contributed by atoms with Crippen molar-refractivity contribution in [2.45, 2.75) is 20.0 Å². The maximum atomic E-state index is 11.3. The van der Waals surface area contributed by atoms with Crippen LogP contribution in [0.15, 0.2) is 24.3 Å². The summed E-state index contributed by atoms with van der Waals surface area (Å²) in [7, 11) is 0. The fourth-order valence-corrected chi connectivity index (χ4v) is 1.26. The van der Waals surface area contributed by atoms with E-state index in [1.807, 2.05) is 0 Å². The van der Waals surface area contributed by atoms with Crippen LogP contribution < -0.4 is 11.1 Å². The Labute approximate surface area is 99.9 Å². The van der Waals surface area contributed by atoms with E-state index in [1.54, 1.807) is 38.1 Å². The lowest BCUT2D eigenvalue weighted by Crippen LogP contribution is -2.20. The van der Waals surface area contributed by atoms with Gasteiger partial charge in [0.15, 0.2) is 0 Å². The molecule has 0 fully saturated rings. The number of hydrogen-bond acceptors (Lipinski definition) is 4. The summed E-state index contributed by atoms with van der Waals surface area (Å²) in [6.07, 6.45) is -0.138. The summed E-state index contributed by atoms with van der Waals surface area (Å²) in [5.74, 6) is -0.845. The third-order valence-corrected chi connectivity index (χ3v) is 1.95. The average Bonchev–Trinajstić information content (AvgIpc) is 2.26. The Kier molecular flexibility index (Phi) is 4.51. The maximum Gasteiger partial charge on any atom is 0.325 e.